The van der Waals surface area contributed by atoms with Crippen molar-refractivity contribution in [1.29, 1.82) is 0 Å². The monoisotopic (exact) mass is 251 g/mol. The minimum atomic E-state index is -1.04. The van der Waals surface area contributed by atoms with Gasteiger partial charge in [0.25, 0.3) is 0 Å². The third-order valence-corrected chi connectivity index (χ3v) is 3.55. The number of hydrogen-bond donors (Lipinski definition) is 1. The molecule has 0 aromatic carbocycles. The number of aryl methyl sites for hydroxylation is 2. The van der Waals surface area contributed by atoms with E-state index >= 15 is 0 Å². The Morgan fingerprint density at radius 3 is 2.22 bits per heavy atom. The highest BCUT2D eigenvalue weighted by atomic mass is 16.4. The van der Waals surface area contributed by atoms with Crippen LogP contribution in [0.25, 0.3) is 0 Å². The van der Waals surface area contributed by atoms with Crippen LogP contribution in [0.1, 0.15) is 51.4 Å². The molecule has 0 radical (unpaired) electrons. The first-order valence-corrected chi connectivity index (χ1v) is 6.62. The number of carboxylic acid groups (broad SMARTS) is 1. The maximum absolute atomic E-state index is 11.6. The van der Waals surface area contributed by atoms with E-state index in [2.05, 4.69) is 10.2 Å². The second-order valence-electron chi connectivity index (χ2n) is 5.77. The molecule has 1 aliphatic carbocycles. The summed E-state index contributed by atoms with van der Waals surface area (Å²) < 4.78 is 0. The van der Waals surface area contributed by atoms with Gasteiger partial charge in [0.15, 0.2) is 5.54 Å². The highest BCUT2D eigenvalue weighted by Gasteiger charge is 2.39. The second kappa shape index (κ2) is 4.71. The second-order valence-corrected chi connectivity index (χ2v) is 5.77. The van der Waals surface area contributed by atoms with Crippen molar-refractivity contribution in [3.8, 4) is 0 Å². The van der Waals surface area contributed by atoms with E-state index in [1.54, 1.807) is 6.92 Å². The predicted octanol–water partition coefficient (Wildman–Crippen LogP) is 2.00. The Morgan fingerprint density at radius 2 is 1.83 bits per heavy atom. The van der Waals surface area contributed by atoms with Crippen LogP contribution in [0.5, 0.6) is 0 Å². The standard InChI is InChI=1S/C13H21N3O2/c1-9(2)8-13(3,12(17)18)16-14-10-6-4-5-7-11(10)15-16/h9H,4-8H2,1-3H3,(H,17,18). The van der Waals surface area contributed by atoms with Crippen LogP contribution in [-0.4, -0.2) is 26.1 Å². The first-order chi connectivity index (χ1) is 8.43. The SMILES string of the molecule is CC(C)CC(C)(C(=O)O)n1nc2c(n1)CCCC2. The molecule has 1 unspecified atom stereocenters. The van der Waals surface area contributed by atoms with Crippen molar-refractivity contribution in [1.82, 2.24) is 15.0 Å². The summed E-state index contributed by atoms with van der Waals surface area (Å²) in [6, 6.07) is 0. The molecule has 1 heterocycles. The topological polar surface area (TPSA) is 68.0 Å². The number of carboxylic acids is 1. The molecule has 0 saturated heterocycles. The number of carbonyl (C=O) groups is 1. The van der Waals surface area contributed by atoms with Crippen LogP contribution in [0, 0.1) is 5.92 Å². The quantitative estimate of drug-likeness (QED) is 0.888. The van der Waals surface area contributed by atoms with Crippen molar-refractivity contribution in [2.75, 3.05) is 0 Å². The first-order valence-electron chi connectivity index (χ1n) is 6.62. The molecule has 1 N–H and O–H groups in total. The molecule has 0 bridgehead atoms. The van der Waals surface area contributed by atoms with E-state index < -0.39 is 11.5 Å². The van der Waals surface area contributed by atoms with E-state index in [4.69, 9.17) is 0 Å². The number of aliphatic carboxylic acids is 1. The first kappa shape index (κ1) is 13.1. The Morgan fingerprint density at radius 1 is 1.33 bits per heavy atom. The molecule has 1 atom stereocenters. The lowest BCUT2D eigenvalue weighted by atomic mass is 9.91. The molecule has 1 aromatic heterocycles. The van der Waals surface area contributed by atoms with Gasteiger partial charge in [-0.2, -0.15) is 15.0 Å². The minimum Gasteiger partial charge on any atom is -0.479 e. The highest BCUT2D eigenvalue weighted by Crippen LogP contribution is 2.26. The van der Waals surface area contributed by atoms with Gasteiger partial charge in [-0.05, 0) is 44.9 Å². The van der Waals surface area contributed by atoms with Crippen molar-refractivity contribution in [2.24, 2.45) is 5.92 Å². The largest absolute Gasteiger partial charge is 0.479 e. The molecule has 100 valence electrons. The maximum Gasteiger partial charge on any atom is 0.333 e. The zero-order valence-electron chi connectivity index (χ0n) is 11.3. The Bertz CT molecular complexity index is 430. The Hall–Kier alpha value is -1.39. The van der Waals surface area contributed by atoms with Gasteiger partial charge < -0.3 is 5.11 Å². The van der Waals surface area contributed by atoms with Gasteiger partial charge in [0.05, 0.1) is 11.4 Å². The van der Waals surface area contributed by atoms with Crippen LogP contribution in [0.3, 0.4) is 0 Å². The van der Waals surface area contributed by atoms with E-state index in [0.717, 1.165) is 37.1 Å². The molecule has 0 fully saturated rings. The molecule has 1 aromatic rings. The Labute approximate surface area is 107 Å². The van der Waals surface area contributed by atoms with Crippen LogP contribution in [0.2, 0.25) is 0 Å². The van der Waals surface area contributed by atoms with Gasteiger partial charge in [-0.25, -0.2) is 4.79 Å². The van der Waals surface area contributed by atoms with Gasteiger partial charge in [-0.1, -0.05) is 13.8 Å². The van der Waals surface area contributed by atoms with Crippen molar-refractivity contribution >= 4 is 5.97 Å². The van der Waals surface area contributed by atoms with Crippen molar-refractivity contribution < 1.29 is 9.90 Å². The molecule has 0 aliphatic heterocycles. The van der Waals surface area contributed by atoms with Gasteiger partial charge in [0, 0.05) is 0 Å². The number of nitrogens with zero attached hydrogens (tertiary/aromatic N) is 3. The lowest BCUT2D eigenvalue weighted by molar-refractivity contribution is -0.148. The number of rotatable bonds is 4. The normalized spacial score (nSPS) is 18.4. The Kier molecular flexibility index (Phi) is 3.41. The van der Waals surface area contributed by atoms with E-state index in [1.807, 2.05) is 13.8 Å². The molecule has 18 heavy (non-hydrogen) atoms. The fourth-order valence-corrected chi connectivity index (χ4v) is 2.61. The zero-order chi connectivity index (χ0) is 13.3. The van der Waals surface area contributed by atoms with Crippen molar-refractivity contribution in [3.05, 3.63) is 11.4 Å². The Balaban J connectivity index is 2.36. The summed E-state index contributed by atoms with van der Waals surface area (Å²) in [7, 11) is 0. The van der Waals surface area contributed by atoms with E-state index in [0.29, 0.717) is 6.42 Å². The molecular weight excluding hydrogens is 230 g/mol. The van der Waals surface area contributed by atoms with Crippen LogP contribution in [0.4, 0.5) is 0 Å². The third-order valence-electron chi connectivity index (χ3n) is 3.55. The fourth-order valence-electron chi connectivity index (χ4n) is 2.61. The van der Waals surface area contributed by atoms with Gasteiger partial charge in [0.2, 0.25) is 0 Å². The van der Waals surface area contributed by atoms with Crippen LogP contribution < -0.4 is 0 Å². The predicted molar refractivity (Wildman–Crippen MR) is 67.4 cm³/mol. The van der Waals surface area contributed by atoms with Crippen LogP contribution in [-0.2, 0) is 23.2 Å². The summed E-state index contributed by atoms with van der Waals surface area (Å²) in [5.74, 6) is -0.572. The maximum atomic E-state index is 11.6. The minimum absolute atomic E-state index is 0.286. The molecule has 5 nitrogen and oxygen atoms in total. The van der Waals surface area contributed by atoms with Gasteiger partial charge in [-0.15, -0.1) is 0 Å². The van der Waals surface area contributed by atoms with E-state index in [-0.39, 0.29) is 5.92 Å². The lowest BCUT2D eigenvalue weighted by Crippen LogP contribution is -2.42. The summed E-state index contributed by atoms with van der Waals surface area (Å²) in [5.41, 5.74) is 0.931. The summed E-state index contributed by atoms with van der Waals surface area (Å²) in [6.07, 6.45) is 4.63. The molecule has 0 spiro atoms. The molecular formula is C13H21N3O2. The number of fused-ring (bicyclic) bond motifs is 1. The van der Waals surface area contributed by atoms with Gasteiger partial charge in [0.1, 0.15) is 0 Å². The van der Waals surface area contributed by atoms with Crippen LogP contribution >= 0.6 is 0 Å². The van der Waals surface area contributed by atoms with E-state index in [9.17, 15) is 9.90 Å². The fraction of sp³-hybridized carbons (Fsp3) is 0.769. The third kappa shape index (κ3) is 2.26. The van der Waals surface area contributed by atoms with Crippen LogP contribution in [0.15, 0.2) is 0 Å². The van der Waals surface area contributed by atoms with Gasteiger partial charge >= 0.3 is 5.97 Å². The van der Waals surface area contributed by atoms with Crippen molar-refractivity contribution in [3.63, 3.8) is 0 Å². The summed E-state index contributed by atoms with van der Waals surface area (Å²) in [6.45, 7) is 5.75. The number of aromatic nitrogens is 3. The van der Waals surface area contributed by atoms with E-state index in [1.165, 1.54) is 4.80 Å². The molecule has 0 amide bonds. The van der Waals surface area contributed by atoms with Crippen molar-refractivity contribution in [2.45, 2.75) is 58.4 Å². The number of hydrogen-bond acceptors (Lipinski definition) is 3. The summed E-state index contributed by atoms with van der Waals surface area (Å²) in [4.78, 5) is 13.0. The zero-order valence-corrected chi connectivity index (χ0v) is 11.3. The smallest absolute Gasteiger partial charge is 0.333 e. The summed E-state index contributed by atoms with van der Waals surface area (Å²) >= 11 is 0. The highest BCUT2D eigenvalue weighted by molar-refractivity contribution is 5.75. The summed E-state index contributed by atoms with van der Waals surface area (Å²) in [5, 5.41) is 18.3. The lowest BCUT2D eigenvalue weighted by Gasteiger charge is -2.25. The molecule has 2 rings (SSSR count). The molecule has 1 aliphatic rings. The molecule has 0 saturated carbocycles. The average Bonchev–Trinajstić information content (AvgIpc) is 2.71. The molecule has 5 heteroatoms. The average molecular weight is 251 g/mol. The van der Waals surface area contributed by atoms with Gasteiger partial charge in [-0.3, -0.25) is 0 Å².